The number of esters is 1. The highest BCUT2D eigenvalue weighted by molar-refractivity contribution is 5.81. The monoisotopic (exact) mass is 350 g/mol. The number of piperidine rings is 1. The normalized spacial score (nSPS) is 28.6. The smallest absolute Gasteiger partial charge is 0.410 e. The van der Waals surface area contributed by atoms with Gasteiger partial charge in [0.15, 0.2) is 0 Å². The largest absolute Gasteiger partial charge is 0.464 e. The van der Waals surface area contributed by atoms with Crippen molar-refractivity contribution in [2.75, 3.05) is 20.3 Å². The molecule has 0 N–H and O–H groups in total. The number of carbonyl (C=O) groups is 2. The Kier molecular flexibility index (Phi) is 7.54. The van der Waals surface area contributed by atoms with E-state index in [1.807, 2.05) is 0 Å². The van der Waals surface area contributed by atoms with Crippen LogP contribution in [-0.2, 0) is 14.3 Å². The molecule has 2 aliphatic rings. The van der Waals surface area contributed by atoms with Crippen molar-refractivity contribution in [1.29, 1.82) is 5.26 Å². The molecule has 1 saturated heterocycles. The Morgan fingerprint density at radius 3 is 2.68 bits per heavy atom. The average Bonchev–Trinajstić information content (AvgIpc) is 2.63. The first-order chi connectivity index (χ1) is 12.1. The summed E-state index contributed by atoms with van der Waals surface area (Å²) >= 11 is 0. The fourth-order valence-electron chi connectivity index (χ4n) is 4.43. The van der Waals surface area contributed by atoms with Crippen LogP contribution in [0.3, 0.4) is 0 Å². The van der Waals surface area contributed by atoms with Gasteiger partial charge in [0.2, 0.25) is 0 Å². The van der Waals surface area contributed by atoms with E-state index in [2.05, 4.69) is 6.07 Å². The summed E-state index contributed by atoms with van der Waals surface area (Å²) in [6, 6.07) is 1.68. The first kappa shape index (κ1) is 19.6. The Labute approximate surface area is 150 Å². The molecule has 1 saturated carbocycles. The van der Waals surface area contributed by atoms with Crippen molar-refractivity contribution in [1.82, 2.24) is 4.90 Å². The van der Waals surface area contributed by atoms with E-state index in [-0.39, 0.29) is 5.97 Å². The van der Waals surface area contributed by atoms with Crippen LogP contribution < -0.4 is 0 Å². The van der Waals surface area contributed by atoms with Crippen LogP contribution >= 0.6 is 0 Å². The van der Waals surface area contributed by atoms with Crippen LogP contribution in [0, 0.1) is 29.1 Å². The van der Waals surface area contributed by atoms with Crippen LogP contribution in [0.25, 0.3) is 0 Å². The summed E-state index contributed by atoms with van der Waals surface area (Å²) in [6.45, 7) is 2.69. The second-order valence-electron chi connectivity index (χ2n) is 7.23. The van der Waals surface area contributed by atoms with Gasteiger partial charge in [-0.1, -0.05) is 19.3 Å². The topological polar surface area (TPSA) is 79.6 Å². The van der Waals surface area contributed by atoms with E-state index >= 15 is 0 Å². The Morgan fingerprint density at radius 2 is 2.00 bits per heavy atom. The first-order valence-electron chi connectivity index (χ1n) is 9.48. The van der Waals surface area contributed by atoms with Crippen molar-refractivity contribution in [3.8, 4) is 6.07 Å². The molecule has 6 heteroatoms. The van der Waals surface area contributed by atoms with Gasteiger partial charge in [-0.3, -0.25) is 4.90 Å². The lowest BCUT2D eigenvalue weighted by atomic mass is 9.68. The van der Waals surface area contributed by atoms with Crippen molar-refractivity contribution in [2.24, 2.45) is 17.8 Å². The molecule has 0 aromatic heterocycles. The maximum absolute atomic E-state index is 12.3. The van der Waals surface area contributed by atoms with Crippen LogP contribution in [0.2, 0.25) is 0 Å². The summed E-state index contributed by atoms with van der Waals surface area (Å²) in [4.78, 5) is 26.0. The maximum atomic E-state index is 12.3. The van der Waals surface area contributed by atoms with Crippen molar-refractivity contribution in [2.45, 2.75) is 64.3 Å². The number of carbonyl (C=O) groups excluding carboxylic acids is 2. The number of methoxy groups -OCH3 is 1. The van der Waals surface area contributed by atoms with Gasteiger partial charge in [0, 0.05) is 13.0 Å². The lowest BCUT2D eigenvalue weighted by Crippen LogP contribution is -2.55. The molecule has 0 radical (unpaired) electrons. The van der Waals surface area contributed by atoms with Crippen LogP contribution in [0.15, 0.2) is 0 Å². The molecule has 25 heavy (non-hydrogen) atoms. The van der Waals surface area contributed by atoms with E-state index in [0.29, 0.717) is 43.7 Å². The zero-order valence-electron chi connectivity index (χ0n) is 15.4. The number of amides is 1. The highest BCUT2D eigenvalue weighted by atomic mass is 16.6. The quantitative estimate of drug-likeness (QED) is 0.541. The van der Waals surface area contributed by atoms with Crippen LogP contribution in [0.1, 0.15) is 58.3 Å². The summed E-state index contributed by atoms with van der Waals surface area (Å²) in [5.41, 5.74) is 0. The predicted molar refractivity (Wildman–Crippen MR) is 92.6 cm³/mol. The SMILES string of the molecule is CCOC(=O)C1CC2CC(CCCCC#N)CCC2CN1C(=O)OC. The molecule has 0 aromatic rings. The highest BCUT2D eigenvalue weighted by Crippen LogP contribution is 2.42. The van der Waals surface area contributed by atoms with Gasteiger partial charge in [0.1, 0.15) is 6.04 Å². The Morgan fingerprint density at radius 1 is 1.20 bits per heavy atom. The van der Waals surface area contributed by atoms with Gasteiger partial charge in [-0.2, -0.15) is 5.26 Å². The fourth-order valence-corrected chi connectivity index (χ4v) is 4.43. The van der Waals surface area contributed by atoms with Gasteiger partial charge in [-0.15, -0.1) is 0 Å². The van der Waals surface area contributed by atoms with Crippen molar-refractivity contribution in [3.05, 3.63) is 0 Å². The summed E-state index contributed by atoms with van der Waals surface area (Å²) in [5, 5.41) is 8.64. The average molecular weight is 350 g/mol. The number of fused-ring (bicyclic) bond motifs is 1. The molecule has 1 aliphatic heterocycles. The number of ether oxygens (including phenoxy) is 2. The molecular formula is C19H30N2O4. The number of nitriles is 1. The Balaban J connectivity index is 1.97. The molecule has 1 amide bonds. The third kappa shape index (κ3) is 5.10. The van der Waals surface area contributed by atoms with E-state index < -0.39 is 12.1 Å². The molecule has 1 heterocycles. The fraction of sp³-hybridized carbons (Fsp3) is 0.842. The molecule has 6 nitrogen and oxygen atoms in total. The number of nitrogens with zero attached hydrogens (tertiary/aromatic N) is 2. The van der Waals surface area contributed by atoms with Crippen LogP contribution in [0.5, 0.6) is 0 Å². The molecule has 140 valence electrons. The van der Waals surface area contributed by atoms with Crippen LogP contribution in [0.4, 0.5) is 4.79 Å². The third-order valence-corrected chi connectivity index (χ3v) is 5.70. The van der Waals surface area contributed by atoms with E-state index in [1.54, 1.807) is 11.8 Å². The number of rotatable bonds is 6. The van der Waals surface area contributed by atoms with Gasteiger partial charge in [0.25, 0.3) is 0 Å². The number of likely N-dealkylation sites (tertiary alicyclic amines) is 1. The molecule has 0 aromatic carbocycles. The molecule has 1 aliphatic carbocycles. The van der Waals surface area contributed by atoms with E-state index in [4.69, 9.17) is 14.7 Å². The predicted octanol–water partition coefficient (Wildman–Crippen LogP) is 3.51. The minimum Gasteiger partial charge on any atom is -0.464 e. The summed E-state index contributed by atoms with van der Waals surface area (Å²) < 4.78 is 10.1. The maximum Gasteiger partial charge on any atom is 0.410 e. The minimum absolute atomic E-state index is 0.317. The Hall–Kier alpha value is -1.77. The zero-order chi connectivity index (χ0) is 18.2. The first-order valence-corrected chi connectivity index (χ1v) is 9.48. The van der Waals surface area contributed by atoms with Crippen LogP contribution in [-0.4, -0.2) is 43.3 Å². The molecule has 2 fully saturated rings. The molecule has 0 spiro atoms. The second kappa shape index (κ2) is 9.65. The van der Waals surface area contributed by atoms with Gasteiger partial charge < -0.3 is 9.47 Å². The lowest BCUT2D eigenvalue weighted by Gasteiger charge is -2.46. The summed E-state index contributed by atoms with van der Waals surface area (Å²) in [7, 11) is 1.36. The highest BCUT2D eigenvalue weighted by Gasteiger charge is 2.44. The molecule has 4 atom stereocenters. The standard InChI is InChI=1S/C19H30N2O4/c1-3-25-18(22)17-12-16-11-14(7-5-4-6-10-20)8-9-15(16)13-21(17)19(23)24-2/h14-17H,3-9,11-13H2,1-2H3. The van der Waals surface area contributed by atoms with E-state index in [9.17, 15) is 9.59 Å². The zero-order valence-corrected chi connectivity index (χ0v) is 15.4. The number of unbranched alkanes of at least 4 members (excludes halogenated alkanes) is 2. The van der Waals surface area contributed by atoms with Gasteiger partial charge in [-0.25, -0.2) is 9.59 Å². The van der Waals surface area contributed by atoms with Crippen molar-refractivity contribution >= 4 is 12.1 Å². The van der Waals surface area contributed by atoms with Crippen molar-refractivity contribution < 1.29 is 19.1 Å². The van der Waals surface area contributed by atoms with Crippen molar-refractivity contribution in [3.63, 3.8) is 0 Å². The van der Waals surface area contributed by atoms with Gasteiger partial charge in [0.05, 0.1) is 19.8 Å². The second-order valence-corrected chi connectivity index (χ2v) is 7.23. The molecule has 2 rings (SSSR count). The minimum atomic E-state index is -0.522. The number of hydrogen-bond acceptors (Lipinski definition) is 5. The van der Waals surface area contributed by atoms with Gasteiger partial charge >= 0.3 is 12.1 Å². The van der Waals surface area contributed by atoms with E-state index in [1.165, 1.54) is 13.5 Å². The summed E-state index contributed by atoms with van der Waals surface area (Å²) in [5.74, 6) is 1.26. The molecular weight excluding hydrogens is 320 g/mol. The van der Waals surface area contributed by atoms with Gasteiger partial charge in [-0.05, 0) is 50.4 Å². The van der Waals surface area contributed by atoms with E-state index in [0.717, 1.165) is 32.1 Å². The summed E-state index contributed by atoms with van der Waals surface area (Å²) in [6.07, 6.45) is 7.50. The lowest BCUT2D eigenvalue weighted by molar-refractivity contribution is -0.152. The third-order valence-electron chi connectivity index (χ3n) is 5.70. The molecule has 4 unspecified atom stereocenters. The Bertz CT molecular complexity index is 502. The molecule has 0 bridgehead atoms. The number of hydrogen-bond donors (Lipinski definition) is 0.